The number of aryl methyl sites for hydroxylation is 2. The van der Waals surface area contributed by atoms with Gasteiger partial charge in [-0.3, -0.25) is 4.79 Å². The Kier molecular flexibility index (Phi) is 2.88. The first-order valence-corrected chi connectivity index (χ1v) is 7.86. The minimum absolute atomic E-state index is 0.0331. The van der Waals surface area contributed by atoms with E-state index in [-0.39, 0.29) is 11.4 Å². The molecule has 1 fully saturated rings. The average molecular weight is 280 g/mol. The van der Waals surface area contributed by atoms with Crippen LogP contribution in [0, 0.1) is 0 Å². The van der Waals surface area contributed by atoms with Gasteiger partial charge in [-0.05, 0) is 55.7 Å². The number of hydrogen-bond donors (Lipinski definition) is 2. The second kappa shape index (κ2) is 4.76. The van der Waals surface area contributed by atoms with Gasteiger partial charge in [0, 0.05) is 5.69 Å². The first-order valence-electron chi connectivity index (χ1n) is 7.86. The molecular weight excluding hydrogens is 260 g/mol. The predicted octanol–water partition coefficient (Wildman–Crippen LogP) is 3.31. The molecule has 0 radical (unpaired) electrons. The van der Waals surface area contributed by atoms with Gasteiger partial charge in [0.1, 0.15) is 5.69 Å². The van der Waals surface area contributed by atoms with E-state index in [1.807, 2.05) is 24.3 Å². The van der Waals surface area contributed by atoms with Crippen LogP contribution in [0.3, 0.4) is 0 Å². The fourth-order valence-corrected chi connectivity index (χ4v) is 3.38. The van der Waals surface area contributed by atoms with Crippen LogP contribution in [0.15, 0.2) is 36.4 Å². The monoisotopic (exact) mass is 280 g/mol. The predicted molar refractivity (Wildman–Crippen MR) is 82.3 cm³/mol. The molecule has 0 aliphatic heterocycles. The smallest absolute Gasteiger partial charge is 0.268 e. The van der Waals surface area contributed by atoms with Gasteiger partial charge in [0.15, 0.2) is 0 Å². The lowest BCUT2D eigenvalue weighted by molar-refractivity contribution is 0.0926. The second-order valence-electron chi connectivity index (χ2n) is 6.30. The fourth-order valence-electron chi connectivity index (χ4n) is 3.38. The zero-order valence-corrected chi connectivity index (χ0v) is 12.1. The molecule has 1 saturated carbocycles. The summed E-state index contributed by atoms with van der Waals surface area (Å²) in [6, 6.07) is 12.3. The maximum absolute atomic E-state index is 12.5. The molecule has 0 bridgehead atoms. The molecule has 1 heterocycles. The van der Waals surface area contributed by atoms with E-state index in [0.717, 1.165) is 31.4 Å². The first kappa shape index (κ1) is 12.7. The normalized spacial score (nSPS) is 18.9. The highest BCUT2D eigenvalue weighted by Crippen LogP contribution is 2.45. The lowest BCUT2D eigenvalue weighted by Crippen LogP contribution is -2.35. The number of rotatable bonds is 3. The summed E-state index contributed by atoms with van der Waals surface area (Å²) in [5.41, 5.74) is 4.40. The van der Waals surface area contributed by atoms with Crippen LogP contribution in [0.25, 0.3) is 0 Å². The first-order chi connectivity index (χ1) is 10.3. The molecule has 0 saturated heterocycles. The number of aromatic nitrogens is 1. The fraction of sp³-hybridized carbons (Fsp3) is 0.389. The Bertz CT molecular complexity index is 644. The molecule has 2 aliphatic carbocycles. The molecule has 4 rings (SSSR count). The van der Waals surface area contributed by atoms with E-state index in [4.69, 9.17) is 0 Å². The molecule has 1 aromatic carbocycles. The van der Waals surface area contributed by atoms with Crippen LogP contribution in [0.4, 0.5) is 0 Å². The molecule has 0 atom stereocenters. The van der Waals surface area contributed by atoms with Crippen molar-refractivity contribution in [2.45, 2.75) is 44.1 Å². The Morgan fingerprint density at radius 2 is 1.86 bits per heavy atom. The zero-order chi connectivity index (χ0) is 14.3. The summed E-state index contributed by atoms with van der Waals surface area (Å²) in [6.45, 7) is 0. The number of carbonyl (C=O) groups is 1. The standard InChI is InChI=1S/C18H20N2O/c21-17(16-12-13-6-4-5-9-15(13)19-16)20-18(10-11-18)14-7-2-1-3-8-14/h1-3,7-8,12,19H,4-6,9-11H2,(H,20,21). The molecule has 2 N–H and O–H groups in total. The van der Waals surface area contributed by atoms with Gasteiger partial charge in [0.2, 0.25) is 0 Å². The summed E-state index contributed by atoms with van der Waals surface area (Å²) in [5.74, 6) is 0.0331. The topological polar surface area (TPSA) is 44.9 Å². The van der Waals surface area contributed by atoms with E-state index in [1.54, 1.807) is 0 Å². The Labute approximate surface area is 124 Å². The average Bonchev–Trinajstić information content (AvgIpc) is 3.17. The van der Waals surface area contributed by atoms with Crippen molar-refractivity contribution in [2.24, 2.45) is 0 Å². The van der Waals surface area contributed by atoms with Crippen molar-refractivity contribution in [3.05, 3.63) is 58.9 Å². The van der Waals surface area contributed by atoms with Crippen LogP contribution >= 0.6 is 0 Å². The van der Waals surface area contributed by atoms with E-state index in [9.17, 15) is 4.79 Å². The lowest BCUT2D eigenvalue weighted by Gasteiger charge is -2.17. The van der Waals surface area contributed by atoms with Gasteiger partial charge in [-0.1, -0.05) is 30.3 Å². The summed E-state index contributed by atoms with van der Waals surface area (Å²) in [5, 5.41) is 3.24. The molecule has 2 aliphatic rings. The molecular formula is C18H20N2O. The SMILES string of the molecule is O=C(NC1(c2ccccc2)CC1)c1cc2c([nH]1)CCCC2. The molecule has 0 spiro atoms. The Balaban J connectivity index is 1.55. The molecule has 2 aromatic rings. The number of carbonyl (C=O) groups excluding carboxylic acids is 1. The van der Waals surface area contributed by atoms with Gasteiger partial charge < -0.3 is 10.3 Å². The van der Waals surface area contributed by atoms with Crippen LogP contribution in [0.1, 0.15) is 53.0 Å². The van der Waals surface area contributed by atoms with E-state index in [0.29, 0.717) is 0 Å². The van der Waals surface area contributed by atoms with Gasteiger partial charge in [0.05, 0.1) is 5.54 Å². The zero-order valence-electron chi connectivity index (χ0n) is 12.1. The minimum Gasteiger partial charge on any atom is -0.354 e. The van der Waals surface area contributed by atoms with Crippen molar-refractivity contribution >= 4 is 5.91 Å². The Hall–Kier alpha value is -2.03. The van der Waals surface area contributed by atoms with Crippen molar-refractivity contribution in [3.63, 3.8) is 0 Å². The number of hydrogen-bond acceptors (Lipinski definition) is 1. The summed E-state index contributed by atoms with van der Waals surface area (Å²) in [7, 11) is 0. The summed E-state index contributed by atoms with van der Waals surface area (Å²) in [6.07, 6.45) is 6.70. The van der Waals surface area contributed by atoms with E-state index in [2.05, 4.69) is 22.4 Å². The highest BCUT2D eigenvalue weighted by molar-refractivity contribution is 5.93. The van der Waals surface area contributed by atoms with E-state index in [1.165, 1.54) is 29.7 Å². The van der Waals surface area contributed by atoms with Crippen LogP contribution in [-0.4, -0.2) is 10.9 Å². The molecule has 1 amide bonds. The lowest BCUT2D eigenvalue weighted by atomic mass is 9.98. The molecule has 21 heavy (non-hydrogen) atoms. The van der Waals surface area contributed by atoms with E-state index >= 15 is 0 Å². The number of nitrogens with one attached hydrogen (secondary N) is 2. The van der Waals surface area contributed by atoms with Gasteiger partial charge in [-0.2, -0.15) is 0 Å². The highest BCUT2D eigenvalue weighted by atomic mass is 16.2. The number of H-pyrrole nitrogens is 1. The van der Waals surface area contributed by atoms with Crippen molar-refractivity contribution in [2.75, 3.05) is 0 Å². The quantitative estimate of drug-likeness (QED) is 0.890. The number of amides is 1. The Morgan fingerprint density at radius 1 is 1.10 bits per heavy atom. The third-order valence-electron chi connectivity index (χ3n) is 4.79. The second-order valence-corrected chi connectivity index (χ2v) is 6.30. The van der Waals surface area contributed by atoms with Gasteiger partial charge >= 0.3 is 0 Å². The molecule has 108 valence electrons. The number of benzene rings is 1. The van der Waals surface area contributed by atoms with Crippen LogP contribution in [0.5, 0.6) is 0 Å². The van der Waals surface area contributed by atoms with Crippen molar-refractivity contribution in [1.29, 1.82) is 0 Å². The maximum atomic E-state index is 12.5. The van der Waals surface area contributed by atoms with Crippen molar-refractivity contribution in [3.8, 4) is 0 Å². The largest absolute Gasteiger partial charge is 0.354 e. The summed E-state index contributed by atoms with van der Waals surface area (Å²) in [4.78, 5) is 15.9. The van der Waals surface area contributed by atoms with Gasteiger partial charge in [-0.25, -0.2) is 0 Å². The molecule has 3 nitrogen and oxygen atoms in total. The van der Waals surface area contributed by atoms with E-state index < -0.39 is 0 Å². The molecule has 3 heteroatoms. The molecule has 1 aromatic heterocycles. The van der Waals surface area contributed by atoms with Crippen LogP contribution in [0.2, 0.25) is 0 Å². The third-order valence-corrected chi connectivity index (χ3v) is 4.79. The third kappa shape index (κ3) is 2.27. The van der Waals surface area contributed by atoms with Crippen LogP contribution in [-0.2, 0) is 18.4 Å². The summed E-state index contributed by atoms with van der Waals surface area (Å²) < 4.78 is 0. The van der Waals surface area contributed by atoms with Gasteiger partial charge in [-0.15, -0.1) is 0 Å². The van der Waals surface area contributed by atoms with Crippen molar-refractivity contribution < 1.29 is 4.79 Å². The van der Waals surface area contributed by atoms with Crippen molar-refractivity contribution in [1.82, 2.24) is 10.3 Å². The highest BCUT2D eigenvalue weighted by Gasteiger charge is 2.45. The minimum atomic E-state index is -0.135. The molecule has 0 unspecified atom stereocenters. The van der Waals surface area contributed by atoms with Gasteiger partial charge in [0.25, 0.3) is 5.91 Å². The van der Waals surface area contributed by atoms with Crippen LogP contribution < -0.4 is 5.32 Å². The maximum Gasteiger partial charge on any atom is 0.268 e. The number of aromatic amines is 1. The Morgan fingerprint density at radius 3 is 2.57 bits per heavy atom. The summed E-state index contributed by atoms with van der Waals surface area (Å²) >= 11 is 0. The number of fused-ring (bicyclic) bond motifs is 1.